The topological polar surface area (TPSA) is 46.2 Å². The Morgan fingerprint density at radius 1 is 1.67 bits per heavy atom. The molecule has 0 atom stereocenters. The minimum atomic E-state index is -0.571. The Morgan fingerprint density at radius 3 is 2.80 bits per heavy atom. The van der Waals surface area contributed by atoms with Crippen molar-refractivity contribution in [3.05, 3.63) is 20.8 Å². The van der Waals surface area contributed by atoms with Crippen molar-refractivity contribution in [2.75, 3.05) is 6.54 Å². The molecule has 1 N–H and O–H groups in total. The second-order valence-corrected chi connectivity index (χ2v) is 5.68. The Morgan fingerprint density at radius 2 is 2.33 bits per heavy atom. The molecule has 1 heterocycles. The van der Waals surface area contributed by atoms with Gasteiger partial charge in [-0.25, -0.2) is 0 Å². The highest BCUT2D eigenvalue weighted by Gasteiger charge is 2.22. The number of hydrogen-bond donors (Lipinski definition) is 1. The first kappa shape index (κ1) is 12.4. The van der Waals surface area contributed by atoms with Crippen molar-refractivity contribution in [3.63, 3.8) is 0 Å². The lowest BCUT2D eigenvalue weighted by Gasteiger charge is -2.22. The minimum Gasteiger partial charge on any atom is -0.349 e. The van der Waals surface area contributed by atoms with E-state index in [2.05, 4.69) is 21.2 Å². The molecule has 0 bridgehead atoms. The lowest BCUT2D eigenvalue weighted by atomic mass is 9.91. The molecule has 0 radical (unpaired) electrons. The molecule has 0 aliphatic carbocycles. The van der Waals surface area contributed by atoms with Gasteiger partial charge in [0.2, 0.25) is 6.29 Å². The highest BCUT2D eigenvalue weighted by Crippen LogP contribution is 2.30. The maximum Gasteiger partial charge on any atom is 0.284 e. The largest absolute Gasteiger partial charge is 0.349 e. The van der Waals surface area contributed by atoms with Crippen LogP contribution in [-0.4, -0.2) is 18.7 Å². The molecule has 1 amide bonds. The maximum atomic E-state index is 10.8. The van der Waals surface area contributed by atoms with E-state index < -0.39 is 5.91 Å². The number of halogens is 1. The van der Waals surface area contributed by atoms with Crippen molar-refractivity contribution >= 4 is 39.5 Å². The Hall–Kier alpha value is -0.680. The monoisotopic (exact) mass is 289 g/mol. The molecule has 1 aromatic rings. The van der Waals surface area contributed by atoms with Gasteiger partial charge in [0.1, 0.15) is 0 Å². The molecule has 0 aromatic carbocycles. The fourth-order valence-corrected chi connectivity index (χ4v) is 2.66. The fourth-order valence-electron chi connectivity index (χ4n) is 1.10. The summed E-state index contributed by atoms with van der Waals surface area (Å²) < 4.78 is 1.04. The van der Waals surface area contributed by atoms with Gasteiger partial charge in [0.25, 0.3) is 5.91 Å². The fraction of sp³-hybridized carbons (Fsp3) is 0.400. The van der Waals surface area contributed by atoms with Crippen LogP contribution in [0.3, 0.4) is 0 Å². The maximum absolute atomic E-state index is 10.8. The normalized spacial score (nSPS) is 11.1. The molecule has 82 valence electrons. The number of rotatable bonds is 4. The van der Waals surface area contributed by atoms with Crippen LogP contribution in [0.5, 0.6) is 0 Å². The summed E-state index contributed by atoms with van der Waals surface area (Å²) >= 11 is 5.01. The Bertz CT molecular complexity index is 373. The molecular formula is C10H12BrNO2S. The zero-order valence-corrected chi connectivity index (χ0v) is 10.9. The number of amides is 1. The van der Waals surface area contributed by atoms with Gasteiger partial charge in [-0.1, -0.05) is 13.8 Å². The number of hydrogen-bond acceptors (Lipinski definition) is 3. The molecule has 3 nitrogen and oxygen atoms in total. The van der Waals surface area contributed by atoms with E-state index in [9.17, 15) is 9.59 Å². The van der Waals surface area contributed by atoms with Gasteiger partial charge in [0, 0.05) is 26.7 Å². The predicted octanol–water partition coefficient (Wildman–Crippen LogP) is 2.10. The molecular weight excluding hydrogens is 278 g/mol. The average Bonchev–Trinajstić information content (AvgIpc) is 2.62. The molecule has 1 rings (SSSR count). The summed E-state index contributed by atoms with van der Waals surface area (Å²) in [4.78, 5) is 22.1. The van der Waals surface area contributed by atoms with E-state index in [1.54, 1.807) is 11.3 Å². The zero-order chi connectivity index (χ0) is 11.5. The third-order valence-corrected chi connectivity index (χ3v) is 4.10. The highest BCUT2D eigenvalue weighted by atomic mass is 79.9. The standard InChI is InChI=1S/C10H12BrNO2S/c1-10(2,6-12-9(14)4-13)8-3-7(11)5-15-8/h3-5H,6H2,1-2H3,(H,12,14). The van der Waals surface area contributed by atoms with Gasteiger partial charge < -0.3 is 5.32 Å². The highest BCUT2D eigenvalue weighted by molar-refractivity contribution is 9.10. The van der Waals surface area contributed by atoms with E-state index in [4.69, 9.17) is 0 Å². The Kier molecular flexibility index (Phi) is 4.04. The van der Waals surface area contributed by atoms with Crippen molar-refractivity contribution in [1.29, 1.82) is 0 Å². The number of carbonyl (C=O) groups is 2. The van der Waals surface area contributed by atoms with Crippen LogP contribution >= 0.6 is 27.3 Å². The van der Waals surface area contributed by atoms with Crippen molar-refractivity contribution in [3.8, 4) is 0 Å². The molecule has 0 unspecified atom stereocenters. The van der Waals surface area contributed by atoms with Crippen LogP contribution in [0.2, 0.25) is 0 Å². The summed E-state index contributed by atoms with van der Waals surface area (Å²) in [6.45, 7) is 4.50. The molecule has 0 fully saturated rings. The quantitative estimate of drug-likeness (QED) is 0.682. The van der Waals surface area contributed by atoms with Gasteiger partial charge in [-0.2, -0.15) is 0 Å². The minimum absolute atomic E-state index is 0.157. The SMILES string of the molecule is CC(C)(CNC(=O)C=O)c1cc(Br)cs1. The second kappa shape index (κ2) is 4.90. The van der Waals surface area contributed by atoms with Crippen LogP contribution < -0.4 is 5.32 Å². The molecule has 15 heavy (non-hydrogen) atoms. The molecule has 0 aliphatic rings. The third-order valence-electron chi connectivity index (χ3n) is 2.05. The molecule has 1 aromatic heterocycles. The number of thiophene rings is 1. The Labute approximate surface area is 101 Å². The average molecular weight is 290 g/mol. The van der Waals surface area contributed by atoms with Gasteiger partial charge in [0.15, 0.2) is 0 Å². The summed E-state index contributed by atoms with van der Waals surface area (Å²) in [5.74, 6) is -0.571. The van der Waals surface area contributed by atoms with E-state index >= 15 is 0 Å². The number of nitrogens with one attached hydrogen (secondary N) is 1. The summed E-state index contributed by atoms with van der Waals surface area (Å²) in [5.41, 5.74) is -0.157. The van der Waals surface area contributed by atoms with E-state index in [0.717, 1.165) is 4.47 Å². The first-order valence-electron chi connectivity index (χ1n) is 4.43. The lowest BCUT2D eigenvalue weighted by molar-refractivity contribution is -0.131. The molecule has 0 saturated heterocycles. The van der Waals surface area contributed by atoms with Gasteiger partial charge in [-0.05, 0) is 22.0 Å². The number of carbonyl (C=O) groups excluding carboxylic acids is 2. The van der Waals surface area contributed by atoms with Crippen molar-refractivity contribution in [2.24, 2.45) is 0 Å². The van der Waals surface area contributed by atoms with Gasteiger partial charge in [-0.3, -0.25) is 9.59 Å². The van der Waals surface area contributed by atoms with Gasteiger partial charge in [-0.15, -0.1) is 11.3 Å². The van der Waals surface area contributed by atoms with E-state index in [1.807, 2.05) is 25.3 Å². The Balaban J connectivity index is 2.66. The summed E-state index contributed by atoms with van der Waals surface area (Å²) in [6, 6.07) is 2.03. The van der Waals surface area contributed by atoms with Gasteiger partial charge >= 0.3 is 0 Å². The van der Waals surface area contributed by atoms with Crippen LogP contribution in [0.4, 0.5) is 0 Å². The molecule has 0 aliphatic heterocycles. The van der Waals surface area contributed by atoms with Crippen molar-refractivity contribution in [2.45, 2.75) is 19.3 Å². The van der Waals surface area contributed by atoms with Crippen molar-refractivity contribution < 1.29 is 9.59 Å². The summed E-state index contributed by atoms with van der Waals surface area (Å²) in [7, 11) is 0. The predicted molar refractivity (Wildman–Crippen MR) is 64.1 cm³/mol. The van der Waals surface area contributed by atoms with Crippen LogP contribution in [0.25, 0.3) is 0 Å². The van der Waals surface area contributed by atoms with Crippen molar-refractivity contribution in [1.82, 2.24) is 5.32 Å². The van der Waals surface area contributed by atoms with Crippen LogP contribution in [0, 0.1) is 0 Å². The van der Waals surface area contributed by atoms with E-state index in [-0.39, 0.29) is 5.41 Å². The first-order chi connectivity index (χ1) is 6.95. The van der Waals surface area contributed by atoms with E-state index in [0.29, 0.717) is 12.8 Å². The van der Waals surface area contributed by atoms with Crippen LogP contribution in [-0.2, 0) is 15.0 Å². The van der Waals surface area contributed by atoms with E-state index in [1.165, 1.54) is 4.88 Å². The first-order valence-corrected chi connectivity index (χ1v) is 6.10. The summed E-state index contributed by atoms with van der Waals surface area (Å²) in [6.07, 6.45) is 0.292. The lowest BCUT2D eigenvalue weighted by Crippen LogP contribution is -2.36. The third kappa shape index (κ3) is 3.43. The molecule has 0 spiro atoms. The summed E-state index contributed by atoms with van der Waals surface area (Å²) in [5, 5.41) is 4.56. The second-order valence-electron chi connectivity index (χ2n) is 3.85. The smallest absolute Gasteiger partial charge is 0.284 e. The zero-order valence-electron chi connectivity index (χ0n) is 8.54. The van der Waals surface area contributed by atoms with Crippen LogP contribution in [0.15, 0.2) is 15.9 Å². The van der Waals surface area contributed by atoms with Crippen LogP contribution in [0.1, 0.15) is 18.7 Å². The van der Waals surface area contributed by atoms with Gasteiger partial charge in [0.05, 0.1) is 0 Å². The number of aldehydes is 1. The molecule has 5 heteroatoms. The molecule has 0 saturated carbocycles.